The predicted octanol–water partition coefficient (Wildman–Crippen LogP) is 3.10. The molecule has 0 saturated heterocycles. The van der Waals surface area contributed by atoms with E-state index < -0.39 is 18.0 Å². The van der Waals surface area contributed by atoms with Crippen LogP contribution in [-0.4, -0.2) is 27.4 Å². The van der Waals surface area contributed by atoms with E-state index in [9.17, 15) is 19.5 Å². The molecule has 1 aromatic carbocycles. The average Bonchev–Trinajstić information content (AvgIpc) is 2.81. The summed E-state index contributed by atoms with van der Waals surface area (Å²) in [5.74, 6) is -1.06. The Kier molecular flexibility index (Phi) is 5.41. The van der Waals surface area contributed by atoms with Gasteiger partial charge < -0.3 is 14.4 Å². The zero-order valence-corrected chi connectivity index (χ0v) is 14.7. The Morgan fingerprint density at radius 2 is 1.72 bits per heavy atom. The van der Waals surface area contributed by atoms with Crippen LogP contribution in [0, 0.1) is 13.8 Å². The molecule has 25 heavy (non-hydrogen) atoms. The minimum Gasteiger partial charge on any atom is -0.480 e. The van der Waals surface area contributed by atoms with Gasteiger partial charge in [-0.05, 0) is 44.5 Å². The lowest BCUT2D eigenvalue weighted by atomic mass is 10.0. The highest BCUT2D eigenvalue weighted by Crippen LogP contribution is 2.25. The molecule has 2 rings (SSSR count). The largest absolute Gasteiger partial charge is 0.480 e. The second-order valence-corrected chi connectivity index (χ2v) is 6.01. The Bertz CT molecular complexity index is 817. The number of nitrogens with zero attached hydrogens (tertiary/aromatic N) is 1. The number of carbonyl (C=O) groups is 3. The zero-order valence-electron chi connectivity index (χ0n) is 14.7. The molecule has 6 nitrogen and oxygen atoms in total. The summed E-state index contributed by atoms with van der Waals surface area (Å²) in [7, 11) is 0. The third kappa shape index (κ3) is 4.15. The number of ether oxygens (including phenoxy) is 1. The van der Waals surface area contributed by atoms with Crippen molar-refractivity contribution in [1.82, 2.24) is 4.57 Å². The summed E-state index contributed by atoms with van der Waals surface area (Å²) in [6, 6.07) is 7.62. The second kappa shape index (κ2) is 7.34. The van der Waals surface area contributed by atoms with Crippen molar-refractivity contribution in [1.29, 1.82) is 0 Å². The fraction of sp³-hybridized carbons (Fsp3) is 0.316. The summed E-state index contributed by atoms with van der Waals surface area (Å²) in [6.45, 7) is 6.33. The molecule has 1 unspecified atom stereocenters. The van der Waals surface area contributed by atoms with Gasteiger partial charge in [0.15, 0.2) is 5.78 Å². The quantitative estimate of drug-likeness (QED) is 0.495. The molecule has 0 bridgehead atoms. The molecule has 0 saturated carbocycles. The van der Waals surface area contributed by atoms with Crippen molar-refractivity contribution < 1.29 is 24.2 Å². The van der Waals surface area contributed by atoms with Gasteiger partial charge in [-0.15, -0.1) is 0 Å². The fourth-order valence-electron chi connectivity index (χ4n) is 2.98. The molecule has 0 spiro atoms. The third-order valence-corrected chi connectivity index (χ3v) is 4.07. The molecule has 1 atom stereocenters. The van der Waals surface area contributed by atoms with Gasteiger partial charge in [-0.3, -0.25) is 9.59 Å². The van der Waals surface area contributed by atoms with Gasteiger partial charge in [0, 0.05) is 30.3 Å². The number of carboxylic acid groups (broad SMARTS) is 1. The average molecular weight is 343 g/mol. The Balaban J connectivity index is 2.32. The molecule has 0 radical (unpaired) electrons. The van der Waals surface area contributed by atoms with Crippen molar-refractivity contribution in [2.24, 2.45) is 0 Å². The number of hydrogen-bond donors (Lipinski definition) is 1. The van der Waals surface area contributed by atoms with Gasteiger partial charge in [-0.25, -0.2) is 4.79 Å². The van der Waals surface area contributed by atoms with Crippen molar-refractivity contribution in [2.45, 2.75) is 40.2 Å². The van der Waals surface area contributed by atoms with Gasteiger partial charge in [0.2, 0.25) is 0 Å². The number of aromatic nitrogens is 1. The normalized spacial score (nSPS) is 11.8. The monoisotopic (exact) mass is 343 g/mol. The molecule has 0 amide bonds. The molecule has 1 heterocycles. The maximum absolute atomic E-state index is 11.8. The Labute approximate surface area is 146 Å². The first-order valence-electron chi connectivity index (χ1n) is 7.90. The molecule has 0 aliphatic rings. The van der Waals surface area contributed by atoms with Crippen molar-refractivity contribution in [3.63, 3.8) is 0 Å². The topological polar surface area (TPSA) is 85.6 Å². The van der Waals surface area contributed by atoms with Crippen LogP contribution in [0.2, 0.25) is 0 Å². The molecule has 0 aliphatic heterocycles. The van der Waals surface area contributed by atoms with Gasteiger partial charge in [-0.2, -0.15) is 0 Å². The van der Waals surface area contributed by atoms with E-state index in [4.69, 9.17) is 4.74 Å². The number of ketones is 1. The van der Waals surface area contributed by atoms with E-state index in [1.165, 1.54) is 13.8 Å². The summed E-state index contributed by atoms with van der Waals surface area (Å²) in [4.78, 5) is 34.5. The van der Waals surface area contributed by atoms with Crippen molar-refractivity contribution >= 4 is 17.7 Å². The van der Waals surface area contributed by atoms with Crippen LogP contribution >= 0.6 is 0 Å². The van der Waals surface area contributed by atoms with Crippen LogP contribution in [0.15, 0.2) is 30.3 Å². The number of aliphatic carboxylic acids is 1. The number of aryl methyl sites for hydroxylation is 1. The van der Waals surface area contributed by atoms with Gasteiger partial charge in [-0.1, -0.05) is 12.1 Å². The lowest BCUT2D eigenvalue weighted by molar-refractivity contribution is -0.141. The number of esters is 1. The fourth-order valence-corrected chi connectivity index (χ4v) is 2.98. The molecule has 132 valence electrons. The minimum absolute atomic E-state index is 0.0887. The smallest absolute Gasteiger partial charge is 0.327 e. The number of benzene rings is 1. The van der Waals surface area contributed by atoms with Crippen LogP contribution < -0.4 is 4.74 Å². The van der Waals surface area contributed by atoms with Gasteiger partial charge in [0.25, 0.3) is 0 Å². The number of carbonyl (C=O) groups excluding carboxylic acids is 2. The number of Topliss-reactive ketones (excluding diaryl/α,β-unsaturated/α-hetero) is 1. The summed E-state index contributed by atoms with van der Waals surface area (Å²) in [5.41, 5.74) is 2.70. The van der Waals surface area contributed by atoms with Crippen LogP contribution in [0.1, 0.15) is 47.2 Å². The predicted molar refractivity (Wildman–Crippen MR) is 92.0 cm³/mol. The highest BCUT2D eigenvalue weighted by molar-refractivity contribution is 5.95. The molecule has 0 fully saturated rings. The van der Waals surface area contributed by atoms with Crippen molar-refractivity contribution in [2.75, 3.05) is 0 Å². The molecular formula is C19H21NO5. The van der Waals surface area contributed by atoms with Gasteiger partial charge >= 0.3 is 11.9 Å². The lowest BCUT2D eigenvalue weighted by Gasteiger charge is -2.19. The van der Waals surface area contributed by atoms with E-state index in [1.807, 2.05) is 0 Å². The molecule has 0 aliphatic carbocycles. The van der Waals surface area contributed by atoms with Crippen LogP contribution in [0.4, 0.5) is 0 Å². The van der Waals surface area contributed by atoms with Crippen LogP contribution in [-0.2, 0) is 16.0 Å². The van der Waals surface area contributed by atoms with E-state index in [0.29, 0.717) is 17.0 Å². The van der Waals surface area contributed by atoms with Crippen molar-refractivity contribution in [3.8, 4) is 5.75 Å². The van der Waals surface area contributed by atoms with Crippen LogP contribution in [0.25, 0.3) is 0 Å². The minimum atomic E-state index is -0.971. The first-order chi connectivity index (χ1) is 11.7. The summed E-state index contributed by atoms with van der Waals surface area (Å²) in [5, 5.41) is 9.68. The van der Waals surface area contributed by atoms with Crippen molar-refractivity contribution in [3.05, 3.63) is 52.8 Å². The van der Waals surface area contributed by atoms with Gasteiger partial charge in [0.05, 0.1) is 0 Å². The van der Waals surface area contributed by atoms with E-state index in [2.05, 4.69) is 0 Å². The molecule has 1 N–H and O–H groups in total. The number of carboxylic acids is 1. The summed E-state index contributed by atoms with van der Waals surface area (Å²) >= 11 is 0. The first kappa shape index (κ1) is 18.4. The first-order valence-corrected chi connectivity index (χ1v) is 7.90. The molecule has 2 aromatic rings. The van der Waals surface area contributed by atoms with E-state index in [0.717, 1.165) is 11.3 Å². The second-order valence-electron chi connectivity index (χ2n) is 6.01. The van der Waals surface area contributed by atoms with Crippen LogP contribution in [0.5, 0.6) is 5.75 Å². The number of hydrogen-bond acceptors (Lipinski definition) is 4. The summed E-state index contributed by atoms with van der Waals surface area (Å²) in [6.07, 6.45) is 0.253. The standard InChI is InChI=1S/C19H21NO5/c1-11-9-17(13(3)21)12(2)20(11)18(19(23)24)10-15-5-7-16(8-6-15)25-14(4)22/h5-9,18H,10H2,1-4H3,(H,23,24). The van der Waals surface area contributed by atoms with E-state index >= 15 is 0 Å². The Morgan fingerprint density at radius 1 is 1.12 bits per heavy atom. The number of rotatable bonds is 6. The highest BCUT2D eigenvalue weighted by atomic mass is 16.5. The third-order valence-electron chi connectivity index (χ3n) is 4.07. The maximum Gasteiger partial charge on any atom is 0.327 e. The Hall–Kier alpha value is -2.89. The molecular weight excluding hydrogens is 322 g/mol. The summed E-state index contributed by atoms with van der Waals surface area (Å²) < 4.78 is 6.66. The maximum atomic E-state index is 11.8. The zero-order chi connectivity index (χ0) is 18.7. The van der Waals surface area contributed by atoms with Gasteiger partial charge in [0.1, 0.15) is 11.8 Å². The van der Waals surface area contributed by atoms with E-state index in [-0.39, 0.29) is 12.2 Å². The SMILES string of the molecule is CC(=O)Oc1ccc(CC(C(=O)O)n2c(C)cc(C(C)=O)c2C)cc1. The Morgan fingerprint density at radius 3 is 2.16 bits per heavy atom. The lowest BCUT2D eigenvalue weighted by Crippen LogP contribution is -2.23. The van der Waals surface area contributed by atoms with Crippen LogP contribution in [0.3, 0.4) is 0 Å². The molecule has 6 heteroatoms. The highest BCUT2D eigenvalue weighted by Gasteiger charge is 2.25. The molecule has 1 aromatic heterocycles. The van der Waals surface area contributed by atoms with E-state index in [1.54, 1.807) is 48.7 Å².